The summed E-state index contributed by atoms with van der Waals surface area (Å²) < 4.78 is 3.97. The second kappa shape index (κ2) is 10.7. The Kier molecular flexibility index (Phi) is 8.36. The zero-order valence-electron chi connectivity index (χ0n) is 16.2. The molecule has 2 N–H and O–H groups in total. The molecule has 0 bridgehead atoms. The highest BCUT2D eigenvalue weighted by molar-refractivity contribution is 14.0. The van der Waals surface area contributed by atoms with E-state index >= 15 is 0 Å². The minimum absolute atomic E-state index is 0. The number of aliphatic imine (C=N–C) groups is 1. The first kappa shape index (κ1) is 21.8. The predicted molar refractivity (Wildman–Crippen MR) is 120 cm³/mol. The van der Waals surface area contributed by atoms with Gasteiger partial charge in [-0.2, -0.15) is 0 Å². The van der Waals surface area contributed by atoms with Gasteiger partial charge in [-0.1, -0.05) is 25.1 Å². The van der Waals surface area contributed by atoms with Crippen LogP contribution in [0.25, 0.3) is 5.65 Å². The van der Waals surface area contributed by atoms with Crippen molar-refractivity contribution in [1.29, 1.82) is 0 Å². The Balaban J connectivity index is 0.00000280. The highest BCUT2D eigenvalue weighted by Gasteiger charge is 2.06. The smallest absolute Gasteiger partial charge is 0.192 e. The summed E-state index contributed by atoms with van der Waals surface area (Å²) in [5.74, 6) is 2.46. The van der Waals surface area contributed by atoms with Crippen molar-refractivity contribution < 1.29 is 0 Å². The second-order valence-corrected chi connectivity index (χ2v) is 6.24. The van der Waals surface area contributed by atoms with Gasteiger partial charge in [0.15, 0.2) is 17.4 Å². The lowest BCUT2D eigenvalue weighted by molar-refractivity contribution is 0.632. The Morgan fingerprint density at radius 1 is 1.18 bits per heavy atom. The van der Waals surface area contributed by atoms with Crippen LogP contribution in [0.15, 0.2) is 47.9 Å². The quantitative estimate of drug-likeness (QED) is 0.214. The average molecular weight is 495 g/mol. The Morgan fingerprint density at radius 2 is 2.04 bits per heavy atom. The van der Waals surface area contributed by atoms with Crippen LogP contribution in [0.1, 0.15) is 25.5 Å². The van der Waals surface area contributed by atoms with Crippen molar-refractivity contribution in [3.05, 3.63) is 54.5 Å². The molecule has 28 heavy (non-hydrogen) atoms. The summed E-state index contributed by atoms with van der Waals surface area (Å²) in [6.07, 6.45) is 4.54. The highest BCUT2D eigenvalue weighted by atomic mass is 127. The summed E-state index contributed by atoms with van der Waals surface area (Å²) >= 11 is 0. The van der Waals surface area contributed by atoms with Crippen LogP contribution in [0, 0.1) is 0 Å². The third kappa shape index (κ3) is 5.75. The molecular formula is C18H26IN9. The number of rotatable bonds is 8. The monoisotopic (exact) mass is 495 g/mol. The highest BCUT2D eigenvalue weighted by Crippen LogP contribution is 2.03. The zero-order valence-corrected chi connectivity index (χ0v) is 18.5. The van der Waals surface area contributed by atoms with Crippen LogP contribution >= 0.6 is 24.0 Å². The summed E-state index contributed by atoms with van der Waals surface area (Å²) in [5.41, 5.74) is 1.84. The van der Waals surface area contributed by atoms with E-state index in [4.69, 9.17) is 0 Å². The lowest BCUT2D eigenvalue weighted by Gasteiger charge is -2.13. The maximum atomic E-state index is 4.64. The van der Waals surface area contributed by atoms with Crippen LogP contribution in [-0.2, 0) is 19.5 Å². The van der Waals surface area contributed by atoms with Gasteiger partial charge in [0.25, 0.3) is 0 Å². The van der Waals surface area contributed by atoms with E-state index in [-0.39, 0.29) is 24.0 Å². The zero-order chi connectivity index (χ0) is 19.1. The lowest BCUT2D eigenvalue weighted by Crippen LogP contribution is -2.39. The number of aromatic nitrogens is 6. The van der Waals surface area contributed by atoms with Crippen molar-refractivity contribution in [2.24, 2.45) is 4.99 Å². The van der Waals surface area contributed by atoms with Crippen molar-refractivity contribution in [3.8, 4) is 0 Å². The molecule has 0 saturated heterocycles. The molecule has 3 rings (SSSR count). The van der Waals surface area contributed by atoms with E-state index in [0.717, 1.165) is 35.8 Å². The number of hydrogen-bond acceptors (Lipinski definition) is 5. The van der Waals surface area contributed by atoms with Gasteiger partial charge in [0.05, 0.1) is 0 Å². The van der Waals surface area contributed by atoms with Crippen molar-refractivity contribution in [1.82, 2.24) is 40.0 Å². The van der Waals surface area contributed by atoms with Gasteiger partial charge in [-0.05, 0) is 19.1 Å². The minimum atomic E-state index is 0. The standard InChI is InChI=1S/C18H25N9.HI/c1-4-15-23-22-13-26(15)10-8-19-18(20-11-14(2)3)21-12-17-25-24-16-7-5-6-9-27(16)17;/h5-7,9,13H,2,4,8,10-12H2,1,3H3,(H2,19,20,21);1H. The number of aryl methyl sites for hydroxylation is 1. The number of halogens is 1. The van der Waals surface area contributed by atoms with E-state index in [1.165, 1.54) is 0 Å². The molecular weight excluding hydrogens is 469 g/mol. The van der Waals surface area contributed by atoms with Gasteiger partial charge >= 0.3 is 0 Å². The van der Waals surface area contributed by atoms with Crippen LogP contribution in [0.2, 0.25) is 0 Å². The fourth-order valence-electron chi connectivity index (χ4n) is 2.59. The van der Waals surface area contributed by atoms with Crippen molar-refractivity contribution in [3.63, 3.8) is 0 Å². The molecule has 3 aromatic rings. The first-order chi connectivity index (χ1) is 13.2. The number of pyridine rings is 1. The Morgan fingerprint density at radius 3 is 2.82 bits per heavy atom. The maximum Gasteiger partial charge on any atom is 0.192 e. The number of nitrogens with one attached hydrogen (secondary N) is 2. The molecule has 0 aliphatic carbocycles. The lowest BCUT2D eigenvalue weighted by atomic mass is 10.3. The normalized spacial score (nSPS) is 11.3. The molecule has 0 aliphatic heterocycles. The predicted octanol–water partition coefficient (Wildman–Crippen LogP) is 1.81. The molecule has 3 heterocycles. The van der Waals surface area contributed by atoms with Crippen molar-refractivity contribution >= 4 is 35.6 Å². The van der Waals surface area contributed by atoms with E-state index < -0.39 is 0 Å². The van der Waals surface area contributed by atoms with E-state index in [1.807, 2.05) is 40.3 Å². The third-order valence-electron chi connectivity index (χ3n) is 3.98. The molecule has 0 unspecified atom stereocenters. The summed E-state index contributed by atoms with van der Waals surface area (Å²) in [5, 5.41) is 23.1. The molecule has 0 spiro atoms. The molecule has 10 heteroatoms. The van der Waals surface area contributed by atoms with Crippen molar-refractivity contribution in [2.75, 3.05) is 13.1 Å². The summed E-state index contributed by atoms with van der Waals surface area (Å²) in [6, 6.07) is 5.81. The molecule has 0 saturated carbocycles. The fraction of sp³-hybridized carbons (Fsp3) is 0.389. The van der Waals surface area contributed by atoms with Gasteiger partial charge in [-0.25, -0.2) is 4.99 Å². The van der Waals surface area contributed by atoms with E-state index in [2.05, 4.69) is 49.5 Å². The molecule has 0 atom stereocenters. The van der Waals surface area contributed by atoms with Crippen LogP contribution in [0.3, 0.4) is 0 Å². The minimum Gasteiger partial charge on any atom is -0.355 e. The van der Waals surface area contributed by atoms with Gasteiger partial charge in [-0.15, -0.1) is 44.4 Å². The number of guanidine groups is 1. The van der Waals surface area contributed by atoms with Crippen LogP contribution < -0.4 is 10.6 Å². The SMILES string of the molecule is C=C(C)CNC(=NCc1nnc2ccccn12)NCCn1cnnc1CC.I. The fourth-order valence-corrected chi connectivity index (χ4v) is 2.59. The van der Waals surface area contributed by atoms with Gasteiger partial charge in [-0.3, -0.25) is 4.40 Å². The molecule has 0 aromatic carbocycles. The van der Waals surface area contributed by atoms with Crippen molar-refractivity contribution in [2.45, 2.75) is 33.4 Å². The van der Waals surface area contributed by atoms with E-state index in [9.17, 15) is 0 Å². The summed E-state index contributed by atoms with van der Waals surface area (Å²) in [7, 11) is 0. The summed E-state index contributed by atoms with van der Waals surface area (Å²) in [4.78, 5) is 4.64. The Bertz CT molecular complexity index is 928. The van der Waals surface area contributed by atoms with Crippen LogP contribution in [0.5, 0.6) is 0 Å². The van der Waals surface area contributed by atoms with Gasteiger partial charge < -0.3 is 15.2 Å². The second-order valence-electron chi connectivity index (χ2n) is 6.24. The molecule has 0 fully saturated rings. The molecule has 0 radical (unpaired) electrons. The van der Waals surface area contributed by atoms with E-state index in [0.29, 0.717) is 25.6 Å². The van der Waals surface area contributed by atoms with E-state index in [1.54, 1.807) is 6.33 Å². The first-order valence-electron chi connectivity index (χ1n) is 8.99. The molecule has 9 nitrogen and oxygen atoms in total. The van der Waals surface area contributed by atoms with Gasteiger partial charge in [0.1, 0.15) is 18.7 Å². The molecule has 150 valence electrons. The number of hydrogen-bond donors (Lipinski definition) is 2. The Labute approximate surface area is 181 Å². The summed E-state index contributed by atoms with van der Waals surface area (Å²) in [6.45, 7) is 10.5. The topological polar surface area (TPSA) is 97.3 Å². The average Bonchev–Trinajstić information content (AvgIpc) is 3.30. The van der Waals surface area contributed by atoms with Gasteiger partial charge in [0.2, 0.25) is 0 Å². The Hall–Kier alpha value is -2.50. The largest absolute Gasteiger partial charge is 0.355 e. The first-order valence-corrected chi connectivity index (χ1v) is 8.99. The molecule has 0 aliphatic rings. The van der Waals surface area contributed by atoms with Gasteiger partial charge in [0, 0.05) is 32.3 Å². The maximum absolute atomic E-state index is 4.64. The third-order valence-corrected chi connectivity index (χ3v) is 3.98. The number of fused-ring (bicyclic) bond motifs is 1. The van der Waals surface area contributed by atoms with Crippen LogP contribution in [-0.4, -0.2) is 48.4 Å². The van der Waals surface area contributed by atoms with Crippen LogP contribution in [0.4, 0.5) is 0 Å². The molecule has 0 amide bonds. The molecule has 3 aromatic heterocycles. The number of nitrogens with zero attached hydrogens (tertiary/aromatic N) is 7.